The summed E-state index contributed by atoms with van der Waals surface area (Å²) >= 11 is 0. The van der Waals surface area contributed by atoms with Crippen molar-refractivity contribution in [2.75, 3.05) is 0 Å². The first-order valence-corrected chi connectivity index (χ1v) is 11.0. The van der Waals surface area contributed by atoms with Gasteiger partial charge in [0.15, 0.2) is 6.10 Å². The minimum absolute atomic E-state index is 0.0268. The van der Waals surface area contributed by atoms with Crippen molar-refractivity contribution in [1.82, 2.24) is 10.6 Å². The predicted molar refractivity (Wildman–Crippen MR) is 121 cm³/mol. The van der Waals surface area contributed by atoms with Gasteiger partial charge in [-0.15, -0.1) is 0 Å². The zero-order chi connectivity index (χ0) is 23.8. The second-order valence-electron chi connectivity index (χ2n) is 9.50. The minimum Gasteiger partial charge on any atom is -0.390 e. The number of hydrogen-bond donors (Lipinski definition) is 5. The molecule has 0 fully saturated rings. The van der Waals surface area contributed by atoms with Crippen LogP contribution in [0.1, 0.15) is 71.9 Å². The smallest absolute Gasteiger partial charge is 0.251 e. The Kier molecular flexibility index (Phi) is 10.3. The summed E-state index contributed by atoms with van der Waals surface area (Å²) in [4.78, 5) is 24.5. The van der Waals surface area contributed by atoms with Crippen molar-refractivity contribution in [2.45, 2.75) is 97.7 Å². The maximum Gasteiger partial charge on any atom is 0.251 e. The van der Waals surface area contributed by atoms with Gasteiger partial charge in [0.05, 0.1) is 6.10 Å². The number of amides is 1. The topological polar surface area (TPSA) is 119 Å². The molecule has 0 aromatic heterocycles. The van der Waals surface area contributed by atoms with Crippen LogP contribution in [0.15, 0.2) is 24.3 Å². The van der Waals surface area contributed by atoms with Crippen molar-refractivity contribution in [1.29, 1.82) is 0 Å². The lowest BCUT2D eigenvalue weighted by atomic mass is 9.82. The Bertz CT molecular complexity index is 732. The van der Waals surface area contributed by atoms with Crippen molar-refractivity contribution in [3.05, 3.63) is 35.4 Å². The van der Waals surface area contributed by atoms with Crippen molar-refractivity contribution in [2.24, 2.45) is 5.41 Å². The summed E-state index contributed by atoms with van der Waals surface area (Å²) in [5, 5.41) is 36.4. The highest BCUT2D eigenvalue weighted by Crippen LogP contribution is 2.24. The van der Waals surface area contributed by atoms with E-state index in [0.29, 0.717) is 13.0 Å². The fourth-order valence-corrected chi connectivity index (χ4v) is 2.76. The number of carbonyl (C=O) groups excluding carboxylic acids is 2. The van der Waals surface area contributed by atoms with Gasteiger partial charge in [0, 0.05) is 30.5 Å². The summed E-state index contributed by atoms with van der Waals surface area (Å²) in [5.74, 6) is -1.03. The number of hydrogen-bond acceptors (Lipinski definition) is 6. The van der Waals surface area contributed by atoms with Gasteiger partial charge in [0.25, 0.3) is 5.91 Å². The summed E-state index contributed by atoms with van der Waals surface area (Å²) in [5.41, 5.74) is 1.31. The summed E-state index contributed by atoms with van der Waals surface area (Å²) in [6.07, 6.45) is -3.84. The van der Waals surface area contributed by atoms with Crippen molar-refractivity contribution in [3.8, 4) is 0 Å². The molecule has 5 N–H and O–H groups in total. The molecule has 1 aromatic carbocycles. The fourth-order valence-electron chi connectivity index (χ4n) is 2.76. The number of rotatable bonds is 13. The van der Waals surface area contributed by atoms with Crippen LogP contribution in [0.3, 0.4) is 0 Å². The molecule has 0 aliphatic rings. The third-order valence-corrected chi connectivity index (χ3v) is 6.13. The highest BCUT2D eigenvalue weighted by Gasteiger charge is 2.34. The number of aliphatic hydroxyl groups excluding tert-OH is 3. The van der Waals surface area contributed by atoms with Gasteiger partial charge in [-0.25, -0.2) is 0 Å². The molecule has 0 saturated carbocycles. The SMILES string of the molecule is CCC(C)(C)NCc1cccc(CNC(=O)C(O)C(O)C(O)CC(=O)C(C)(C)CC)c1. The van der Waals surface area contributed by atoms with Crippen LogP contribution in [-0.2, 0) is 22.7 Å². The Balaban J connectivity index is 2.61. The van der Waals surface area contributed by atoms with Gasteiger partial charge < -0.3 is 26.0 Å². The highest BCUT2D eigenvalue weighted by molar-refractivity contribution is 5.85. The second kappa shape index (κ2) is 11.7. The number of Topliss-reactive ketones (excluding diaryl/α,β-unsaturated/α-hetero) is 1. The van der Waals surface area contributed by atoms with Gasteiger partial charge in [-0.1, -0.05) is 52.0 Å². The van der Waals surface area contributed by atoms with Gasteiger partial charge >= 0.3 is 0 Å². The predicted octanol–water partition coefficient (Wildman–Crippen LogP) is 2.06. The van der Waals surface area contributed by atoms with Crippen molar-refractivity contribution < 1.29 is 24.9 Å². The zero-order valence-corrected chi connectivity index (χ0v) is 19.7. The molecule has 0 aliphatic carbocycles. The zero-order valence-electron chi connectivity index (χ0n) is 19.7. The number of benzene rings is 1. The van der Waals surface area contributed by atoms with E-state index < -0.39 is 29.6 Å². The lowest BCUT2D eigenvalue weighted by molar-refractivity contribution is -0.145. The van der Waals surface area contributed by atoms with Gasteiger partial charge in [0.1, 0.15) is 11.9 Å². The minimum atomic E-state index is -1.83. The standard InChI is InChI=1S/C24H40N2O5/c1-7-23(3,4)19(28)13-18(27)20(29)21(30)22(31)25-14-16-10-9-11-17(12-16)15-26-24(5,6)8-2/h9-12,18,20-21,26-27,29-30H,7-8,13-15H2,1-6H3,(H,25,31). The van der Waals surface area contributed by atoms with E-state index in [-0.39, 0.29) is 24.3 Å². The molecule has 3 unspecified atom stereocenters. The number of ketones is 1. The summed E-state index contributed by atoms with van der Waals surface area (Å²) < 4.78 is 0. The lowest BCUT2D eigenvalue weighted by Gasteiger charge is -2.26. The molecule has 3 atom stereocenters. The molecule has 7 nitrogen and oxygen atoms in total. The van der Waals surface area contributed by atoms with E-state index in [2.05, 4.69) is 31.4 Å². The molecule has 0 saturated heterocycles. The number of nitrogens with one attached hydrogen (secondary N) is 2. The average Bonchev–Trinajstić information content (AvgIpc) is 2.75. The van der Waals surface area contributed by atoms with E-state index in [0.717, 1.165) is 17.5 Å². The number of aliphatic hydroxyl groups is 3. The molecule has 176 valence electrons. The van der Waals surface area contributed by atoms with Crippen LogP contribution in [0, 0.1) is 5.41 Å². The van der Waals surface area contributed by atoms with Gasteiger partial charge in [-0.2, -0.15) is 0 Å². The van der Waals surface area contributed by atoms with Crippen LogP contribution in [0.5, 0.6) is 0 Å². The van der Waals surface area contributed by atoms with Crippen LogP contribution < -0.4 is 10.6 Å². The largest absolute Gasteiger partial charge is 0.390 e. The Morgan fingerprint density at radius 2 is 1.55 bits per heavy atom. The Hall–Kier alpha value is -1.80. The molecule has 1 rings (SSSR count). The molecule has 1 aromatic rings. The van der Waals surface area contributed by atoms with Crippen molar-refractivity contribution >= 4 is 11.7 Å². The van der Waals surface area contributed by atoms with Gasteiger partial charge in [0.2, 0.25) is 0 Å². The van der Waals surface area contributed by atoms with Crippen LogP contribution in [0.25, 0.3) is 0 Å². The Morgan fingerprint density at radius 1 is 0.968 bits per heavy atom. The van der Waals surface area contributed by atoms with Crippen LogP contribution in [0.4, 0.5) is 0 Å². The first-order chi connectivity index (χ1) is 14.3. The molecule has 0 heterocycles. The highest BCUT2D eigenvalue weighted by atomic mass is 16.4. The number of carbonyl (C=O) groups is 2. The molecule has 1 amide bonds. The molecule has 0 bridgehead atoms. The molecule has 0 aliphatic heterocycles. The Morgan fingerprint density at radius 3 is 2.10 bits per heavy atom. The third kappa shape index (κ3) is 8.69. The molecule has 0 spiro atoms. The molecule has 31 heavy (non-hydrogen) atoms. The van der Waals surface area contributed by atoms with Crippen LogP contribution in [-0.4, -0.2) is 50.9 Å². The van der Waals surface area contributed by atoms with E-state index in [1.165, 1.54) is 0 Å². The monoisotopic (exact) mass is 436 g/mol. The summed E-state index contributed by atoms with van der Waals surface area (Å²) in [6.45, 7) is 12.6. The first-order valence-electron chi connectivity index (χ1n) is 11.0. The van der Waals surface area contributed by atoms with E-state index in [1.807, 2.05) is 31.2 Å². The first kappa shape index (κ1) is 27.2. The maximum absolute atomic E-state index is 12.3. The molecule has 7 heteroatoms. The van der Waals surface area contributed by atoms with Crippen molar-refractivity contribution in [3.63, 3.8) is 0 Å². The summed E-state index contributed by atoms with van der Waals surface area (Å²) in [7, 11) is 0. The van der Waals surface area contributed by atoms with Crippen LogP contribution >= 0.6 is 0 Å². The van der Waals surface area contributed by atoms with E-state index in [1.54, 1.807) is 13.8 Å². The molecular formula is C24H40N2O5. The molecule has 0 radical (unpaired) electrons. The Labute approximate surface area is 186 Å². The summed E-state index contributed by atoms with van der Waals surface area (Å²) in [6, 6.07) is 7.71. The maximum atomic E-state index is 12.3. The van der Waals surface area contributed by atoms with Gasteiger partial charge in [-0.05, 0) is 37.8 Å². The fraction of sp³-hybridized carbons (Fsp3) is 0.667. The van der Waals surface area contributed by atoms with Crippen LogP contribution in [0.2, 0.25) is 0 Å². The third-order valence-electron chi connectivity index (χ3n) is 6.13. The second-order valence-corrected chi connectivity index (χ2v) is 9.50. The van der Waals surface area contributed by atoms with E-state index in [9.17, 15) is 24.9 Å². The average molecular weight is 437 g/mol. The quantitative estimate of drug-likeness (QED) is 0.323. The van der Waals surface area contributed by atoms with E-state index >= 15 is 0 Å². The molecular weight excluding hydrogens is 396 g/mol. The van der Waals surface area contributed by atoms with Gasteiger partial charge in [-0.3, -0.25) is 9.59 Å². The lowest BCUT2D eigenvalue weighted by Crippen LogP contribution is -2.48. The normalized spacial score (nSPS) is 15.3. The van der Waals surface area contributed by atoms with E-state index in [4.69, 9.17) is 0 Å².